The third-order valence-electron chi connectivity index (χ3n) is 5.78. The van der Waals surface area contributed by atoms with E-state index in [1.165, 1.54) is 35.6 Å². The zero-order valence-corrected chi connectivity index (χ0v) is 21.0. The maximum Gasteiger partial charge on any atom is 0.280 e. The summed E-state index contributed by atoms with van der Waals surface area (Å²) in [7, 11) is -1.80. The molecule has 0 spiro atoms. The molecule has 2 fully saturated rings. The maximum absolute atomic E-state index is 13.2. The maximum atomic E-state index is 13.2. The number of hydrogen-bond acceptors (Lipinski definition) is 12. The molecule has 0 saturated carbocycles. The van der Waals surface area contributed by atoms with E-state index >= 15 is 0 Å². The number of amides is 1. The van der Waals surface area contributed by atoms with E-state index in [4.69, 9.17) is 14.3 Å². The molecule has 0 bridgehead atoms. The van der Waals surface area contributed by atoms with E-state index in [0.29, 0.717) is 59.7 Å². The lowest BCUT2D eigenvalue weighted by atomic mass is 10.1. The molecular weight excluding hydrogens is 508 g/mol. The van der Waals surface area contributed by atoms with Gasteiger partial charge in [-0.2, -0.15) is 4.98 Å². The average Bonchev–Trinajstić information content (AvgIpc) is 3.66. The zero-order valence-electron chi connectivity index (χ0n) is 19.3. The molecule has 190 valence electrons. The summed E-state index contributed by atoms with van der Waals surface area (Å²) < 4.78 is 36.3. The van der Waals surface area contributed by atoms with Gasteiger partial charge in [0.05, 0.1) is 36.2 Å². The summed E-state index contributed by atoms with van der Waals surface area (Å²) in [5.41, 5.74) is 0.770. The third-order valence-corrected chi connectivity index (χ3v) is 8.81. The molecule has 14 heteroatoms. The van der Waals surface area contributed by atoms with Gasteiger partial charge in [-0.1, -0.05) is 28.6 Å². The molecule has 12 nitrogen and oxygen atoms in total. The zero-order chi connectivity index (χ0) is 25.1. The first kappa shape index (κ1) is 24.5. The average molecular weight is 533 g/mol. The van der Waals surface area contributed by atoms with Gasteiger partial charge in [0.2, 0.25) is 0 Å². The standard InChI is InChI=1S/C22H24N6O6S2/c1-23-17-10-24-19-21(25-17)35-22(26-19)27-20(29)18(28-34-14-6-8-32-11-14)13-2-4-15(5-3-13)36(30,31)16-7-9-33-12-16/h2-5,10,14,16H,6-9,11-12H2,1H3,(H,23,25)(H,24,26,27,29)/t14-,16+/m1/s1. The van der Waals surface area contributed by atoms with Crippen LogP contribution >= 0.6 is 11.3 Å². The quantitative estimate of drug-likeness (QED) is 0.324. The molecular formula is C22H24N6O6S2. The highest BCUT2D eigenvalue weighted by atomic mass is 32.2. The van der Waals surface area contributed by atoms with Gasteiger partial charge < -0.3 is 19.6 Å². The van der Waals surface area contributed by atoms with Crippen LogP contribution in [0.2, 0.25) is 0 Å². The lowest BCUT2D eigenvalue weighted by Crippen LogP contribution is -2.25. The van der Waals surface area contributed by atoms with E-state index < -0.39 is 21.0 Å². The van der Waals surface area contributed by atoms with Crippen LogP contribution in [0.3, 0.4) is 0 Å². The molecule has 36 heavy (non-hydrogen) atoms. The van der Waals surface area contributed by atoms with E-state index in [0.717, 1.165) is 0 Å². The van der Waals surface area contributed by atoms with Crippen molar-refractivity contribution < 1.29 is 27.5 Å². The Morgan fingerprint density at radius 2 is 1.92 bits per heavy atom. The first-order valence-corrected chi connectivity index (χ1v) is 13.7. The van der Waals surface area contributed by atoms with E-state index in [-0.39, 0.29) is 23.3 Å². The minimum atomic E-state index is -3.54. The molecule has 1 amide bonds. The number of ether oxygens (including phenoxy) is 2. The second-order valence-electron chi connectivity index (χ2n) is 8.19. The first-order chi connectivity index (χ1) is 17.4. The van der Waals surface area contributed by atoms with Gasteiger partial charge in [0, 0.05) is 25.6 Å². The molecule has 2 atom stereocenters. The van der Waals surface area contributed by atoms with Crippen LogP contribution in [0, 0.1) is 0 Å². The molecule has 2 aliphatic heterocycles. The number of thiazole rings is 1. The van der Waals surface area contributed by atoms with Crippen LogP contribution in [0.1, 0.15) is 18.4 Å². The Labute approximate surface area is 211 Å². The Morgan fingerprint density at radius 3 is 2.61 bits per heavy atom. The van der Waals surface area contributed by atoms with Crippen LogP contribution in [0.15, 0.2) is 40.5 Å². The Kier molecular flexibility index (Phi) is 7.09. The monoisotopic (exact) mass is 532 g/mol. The number of nitrogens with one attached hydrogen (secondary N) is 2. The van der Waals surface area contributed by atoms with Crippen molar-refractivity contribution in [2.75, 3.05) is 44.1 Å². The van der Waals surface area contributed by atoms with Gasteiger partial charge in [0.25, 0.3) is 5.91 Å². The van der Waals surface area contributed by atoms with Crippen LogP contribution in [0.4, 0.5) is 10.9 Å². The lowest BCUT2D eigenvalue weighted by Gasteiger charge is -2.12. The molecule has 3 aromatic rings. The molecule has 5 rings (SSSR count). The molecule has 2 aromatic heterocycles. The number of rotatable bonds is 8. The van der Waals surface area contributed by atoms with Gasteiger partial charge in [-0.25, -0.2) is 18.4 Å². The second-order valence-corrected chi connectivity index (χ2v) is 11.4. The Balaban J connectivity index is 1.40. The SMILES string of the molecule is CNc1cnc2nc(NC(=O)C(=NO[C@@H]3CCOC3)c3ccc(S(=O)(=O)[C@H]4CCOC4)cc3)sc2n1. The molecule has 2 aliphatic rings. The van der Waals surface area contributed by atoms with Crippen molar-refractivity contribution in [1.82, 2.24) is 15.0 Å². The Morgan fingerprint density at radius 1 is 1.14 bits per heavy atom. The fourth-order valence-corrected chi connectivity index (χ4v) is 6.13. The van der Waals surface area contributed by atoms with Gasteiger partial charge >= 0.3 is 0 Å². The molecule has 2 N–H and O–H groups in total. The highest BCUT2D eigenvalue weighted by molar-refractivity contribution is 7.92. The smallest absolute Gasteiger partial charge is 0.280 e. The number of aromatic nitrogens is 3. The number of carbonyl (C=O) groups is 1. The molecule has 0 radical (unpaired) electrons. The van der Waals surface area contributed by atoms with Gasteiger partial charge in [0.1, 0.15) is 5.82 Å². The van der Waals surface area contributed by atoms with Gasteiger partial charge in [-0.15, -0.1) is 0 Å². The predicted molar refractivity (Wildman–Crippen MR) is 133 cm³/mol. The summed E-state index contributed by atoms with van der Waals surface area (Å²) >= 11 is 1.17. The second kappa shape index (κ2) is 10.4. The lowest BCUT2D eigenvalue weighted by molar-refractivity contribution is -0.110. The van der Waals surface area contributed by atoms with Crippen molar-refractivity contribution in [2.45, 2.75) is 29.1 Å². The third kappa shape index (κ3) is 5.16. The number of fused-ring (bicyclic) bond motifs is 1. The molecule has 4 heterocycles. The van der Waals surface area contributed by atoms with Crippen molar-refractivity contribution in [3.63, 3.8) is 0 Å². The number of oxime groups is 1. The minimum absolute atomic E-state index is 0.0221. The number of anilines is 2. The summed E-state index contributed by atoms with van der Waals surface area (Å²) in [5.74, 6) is 0.0132. The fourth-order valence-electron chi connectivity index (χ4n) is 3.75. The molecule has 0 unspecified atom stereocenters. The summed E-state index contributed by atoms with van der Waals surface area (Å²) in [4.78, 5) is 32.4. The minimum Gasteiger partial charge on any atom is -0.389 e. The fraction of sp³-hybridized carbons (Fsp3) is 0.409. The number of nitrogens with zero attached hydrogens (tertiary/aromatic N) is 4. The first-order valence-electron chi connectivity index (χ1n) is 11.3. The van der Waals surface area contributed by atoms with Gasteiger partial charge in [-0.3, -0.25) is 10.1 Å². The van der Waals surface area contributed by atoms with E-state index in [9.17, 15) is 13.2 Å². The molecule has 1 aromatic carbocycles. The largest absolute Gasteiger partial charge is 0.389 e. The van der Waals surface area contributed by atoms with Gasteiger partial charge in [0.15, 0.2) is 37.3 Å². The normalized spacial score (nSPS) is 20.5. The topological polar surface area (TPSA) is 154 Å². The molecule has 0 aliphatic carbocycles. The highest BCUT2D eigenvalue weighted by Crippen LogP contribution is 2.25. The van der Waals surface area contributed by atoms with Crippen molar-refractivity contribution >= 4 is 54.2 Å². The van der Waals surface area contributed by atoms with Gasteiger partial charge in [-0.05, 0) is 18.6 Å². The van der Waals surface area contributed by atoms with Crippen molar-refractivity contribution in [1.29, 1.82) is 0 Å². The van der Waals surface area contributed by atoms with Crippen molar-refractivity contribution in [2.24, 2.45) is 5.16 Å². The van der Waals surface area contributed by atoms with Crippen LogP contribution in [0.5, 0.6) is 0 Å². The summed E-state index contributed by atoms with van der Waals surface area (Å²) in [6.07, 6.45) is 2.39. The number of hydrogen-bond donors (Lipinski definition) is 2. The summed E-state index contributed by atoms with van der Waals surface area (Å²) in [5, 5.41) is 9.46. The van der Waals surface area contributed by atoms with Crippen molar-refractivity contribution in [3.8, 4) is 0 Å². The van der Waals surface area contributed by atoms with Crippen molar-refractivity contribution in [3.05, 3.63) is 36.0 Å². The number of sulfone groups is 1. The number of carbonyl (C=O) groups excluding carboxylic acids is 1. The summed E-state index contributed by atoms with van der Waals surface area (Å²) in [6, 6.07) is 6.01. The molecule has 2 saturated heterocycles. The Hall–Kier alpha value is -3.20. The Bertz CT molecular complexity index is 1380. The van der Waals surface area contributed by atoms with Crippen LogP contribution in [0.25, 0.3) is 10.5 Å². The predicted octanol–water partition coefficient (Wildman–Crippen LogP) is 1.84. The van der Waals surface area contributed by atoms with E-state index in [1.54, 1.807) is 13.2 Å². The van der Waals surface area contributed by atoms with E-state index in [1.807, 2.05) is 0 Å². The summed E-state index contributed by atoms with van der Waals surface area (Å²) in [6.45, 7) is 1.54. The van der Waals surface area contributed by atoms with E-state index in [2.05, 4.69) is 30.7 Å². The highest BCUT2D eigenvalue weighted by Gasteiger charge is 2.31. The van der Waals surface area contributed by atoms with Crippen LogP contribution in [-0.2, 0) is 28.9 Å². The van der Waals surface area contributed by atoms with Crippen LogP contribution < -0.4 is 10.6 Å². The van der Waals surface area contributed by atoms with Crippen LogP contribution in [-0.4, -0.2) is 79.8 Å². The number of benzene rings is 1.